The smallest absolute Gasteiger partial charge is 0.356 e. The van der Waals surface area contributed by atoms with Gasteiger partial charge in [0.2, 0.25) is 0 Å². The Morgan fingerprint density at radius 2 is 1.22 bits per heavy atom. The summed E-state index contributed by atoms with van der Waals surface area (Å²) in [4.78, 5) is 49.8. The van der Waals surface area contributed by atoms with E-state index in [9.17, 15) is 49.9 Å². The summed E-state index contributed by atoms with van der Waals surface area (Å²) in [5.41, 5.74) is 7.48. The van der Waals surface area contributed by atoms with Crippen molar-refractivity contribution in [2.45, 2.75) is 58.3 Å². The standard InChI is InChI=1S/C52H49N6O12PS2/c1-27-12-10-13-34(22-27)55-51(59)57-47-29(3)23-28(2)46(30(47)4)53-36-18-20-39-42(25-36)70-43-26-37(19-21-40(43)45(39)41-16-8-9-17-44(41)72(64,65)66)54-48-31(5)49(33(7)50(32(48)6)73(67,68)69)58-52(60)56-35-14-11-15-38(24-35)71(61,62)63/h8-26,53H,1-7H3,(H2,55,57,59)(H2,56,58,60)(H2,61,62,63)(H,64,65,66)(H,67,68,69). The van der Waals surface area contributed by atoms with Crippen LogP contribution in [0.3, 0.4) is 0 Å². The molecule has 376 valence electrons. The number of fused-ring (bicyclic) bond motifs is 2. The summed E-state index contributed by atoms with van der Waals surface area (Å²) >= 11 is 0. The average Bonchev–Trinajstić information content (AvgIpc) is 3.30. The van der Waals surface area contributed by atoms with E-state index < -0.39 is 44.8 Å². The first kappa shape index (κ1) is 51.7. The zero-order chi connectivity index (χ0) is 52.9. The summed E-state index contributed by atoms with van der Waals surface area (Å²) in [6.45, 7) is 12.0. The summed E-state index contributed by atoms with van der Waals surface area (Å²) in [6.07, 6.45) is 0. The fourth-order valence-corrected chi connectivity index (χ4v) is 11.3. The van der Waals surface area contributed by atoms with Crippen molar-refractivity contribution in [3.63, 3.8) is 0 Å². The lowest BCUT2D eigenvalue weighted by atomic mass is 9.93. The van der Waals surface area contributed by atoms with Gasteiger partial charge in [0.1, 0.15) is 21.1 Å². The van der Waals surface area contributed by atoms with E-state index >= 15 is 0 Å². The number of benzene rings is 7. The van der Waals surface area contributed by atoms with Crippen LogP contribution in [0.25, 0.3) is 33.4 Å². The minimum absolute atomic E-state index is 0.0192. The second-order valence-electron chi connectivity index (χ2n) is 17.5. The lowest BCUT2D eigenvalue weighted by Crippen LogP contribution is -2.22. The molecule has 0 aromatic heterocycles. The molecule has 8 rings (SSSR count). The third kappa shape index (κ3) is 10.9. The molecule has 0 saturated heterocycles. The van der Waals surface area contributed by atoms with Crippen molar-refractivity contribution in [1.82, 2.24) is 0 Å². The van der Waals surface area contributed by atoms with Gasteiger partial charge in [-0.15, -0.1) is 0 Å². The van der Waals surface area contributed by atoms with Gasteiger partial charge in [-0.2, -0.15) is 16.8 Å². The number of carbonyl (C=O) groups is 2. The highest BCUT2D eigenvalue weighted by molar-refractivity contribution is 7.86. The van der Waals surface area contributed by atoms with Crippen LogP contribution in [-0.4, -0.2) is 47.8 Å². The van der Waals surface area contributed by atoms with Crippen LogP contribution in [0.1, 0.15) is 38.9 Å². The minimum atomic E-state index is -4.94. The second kappa shape index (κ2) is 19.7. The molecule has 18 nitrogen and oxygen atoms in total. The quantitative estimate of drug-likeness (QED) is 0.0331. The molecule has 0 bridgehead atoms. The van der Waals surface area contributed by atoms with Gasteiger partial charge in [0.15, 0.2) is 0 Å². The topological polar surface area (TPSA) is 286 Å². The SMILES string of the molecule is Cc1cccc(NC(=O)Nc2c(C)cc(C)c(Nc3ccc4c(-c5ccccc5S(=O)(=O)O)c5ccc(=Nc6c(C)c(NC(=O)Nc7cccc(P(=O)(O)O)c7)c(C)c(S(=O)(=O)O)c6C)cc-5oc4c3)c2C)c1. The lowest BCUT2D eigenvalue weighted by Gasteiger charge is -2.21. The highest BCUT2D eigenvalue weighted by Gasteiger charge is 2.28. The number of nitrogens with one attached hydrogen (secondary N) is 5. The van der Waals surface area contributed by atoms with E-state index in [1.807, 2.05) is 52.0 Å². The molecule has 1 heterocycles. The lowest BCUT2D eigenvalue weighted by molar-refractivity contribution is 0.261. The molecule has 0 saturated carbocycles. The molecule has 9 N–H and O–H groups in total. The Balaban J connectivity index is 1.25. The van der Waals surface area contributed by atoms with Gasteiger partial charge in [-0.05, 0) is 148 Å². The monoisotopic (exact) mass is 1040 g/mol. The molecule has 4 amide bonds. The summed E-state index contributed by atoms with van der Waals surface area (Å²) in [5, 5.41) is 14.8. The molecule has 6 aromatic rings. The zero-order valence-electron chi connectivity index (χ0n) is 40.2. The molecule has 6 aromatic carbocycles. The second-order valence-corrected chi connectivity index (χ2v) is 21.8. The molecule has 73 heavy (non-hydrogen) atoms. The first-order valence-corrected chi connectivity index (χ1v) is 26.8. The van der Waals surface area contributed by atoms with Crippen LogP contribution in [0.2, 0.25) is 0 Å². The van der Waals surface area contributed by atoms with Crippen LogP contribution in [-0.2, 0) is 24.8 Å². The van der Waals surface area contributed by atoms with Gasteiger partial charge >= 0.3 is 19.7 Å². The van der Waals surface area contributed by atoms with Crippen LogP contribution < -0.4 is 37.2 Å². The maximum atomic E-state index is 13.4. The highest BCUT2D eigenvalue weighted by atomic mass is 32.2. The predicted molar refractivity (Wildman–Crippen MR) is 282 cm³/mol. The van der Waals surface area contributed by atoms with E-state index in [0.29, 0.717) is 39.3 Å². The Morgan fingerprint density at radius 1 is 0.575 bits per heavy atom. The number of hydrogen-bond acceptors (Lipinski definition) is 10. The molecule has 0 atom stereocenters. The Labute approximate surface area is 420 Å². The Morgan fingerprint density at radius 3 is 1.88 bits per heavy atom. The summed E-state index contributed by atoms with van der Waals surface area (Å²) < 4.78 is 91.1. The molecule has 0 spiro atoms. The van der Waals surface area contributed by atoms with Gasteiger partial charge in [-0.25, -0.2) is 14.6 Å². The molecule has 21 heteroatoms. The van der Waals surface area contributed by atoms with Crippen LogP contribution in [0.15, 0.2) is 134 Å². The van der Waals surface area contributed by atoms with E-state index in [1.54, 1.807) is 61.5 Å². The van der Waals surface area contributed by atoms with E-state index in [-0.39, 0.29) is 66.2 Å². The largest absolute Gasteiger partial charge is 0.456 e. The fourth-order valence-electron chi connectivity index (χ4n) is 9.02. The number of aryl methyl sites for hydroxylation is 3. The molecule has 1 aliphatic carbocycles. The van der Waals surface area contributed by atoms with E-state index in [0.717, 1.165) is 28.3 Å². The number of carbonyl (C=O) groups excluding carboxylic acids is 2. The zero-order valence-corrected chi connectivity index (χ0v) is 42.8. The molecule has 0 fully saturated rings. The molecule has 0 radical (unpaired) electrons. The first-order chi connectivity index (χ1) is 34.3. The molecule has 0 unspecified atom stereocenters. The Kier molecular flexibility index (Phi) is 14.0. The van der Waals surface area contributed by atoms with Gasteiger partial charge in [0.05, 0.1) is 27.7 Å². The van der Waals surface area contributed by atoms with Crippen molar-refractivity contribution in [1.29, 1.82) is 0 Å². The fraction of sp³-hybridized carbons (Fsp3) is 0.135. The molecular weight excluding hydrogens is 996 g/mol. The van der Waals surface area contributed by atoms with Crippen LogP contribution in [0.5, 0.6) is 0 Å². The molecule has 1 aliphatic heterocycles. The van der Waals surface area contributed by atoms with E-state index in [4.69, 9.17) is 9.41 Å². The number of urea groups is 2. The van der Waals surface area contributed by atoms with Crippen molar-refractivity contribution in [3.8, 4) is 22.5 Å². The number of anilines is 6. The summed E-state index contributed by atoms with van der Waals surface area (Å²) in [5.74, 6) is 0.188. The number of amides is 4. The predicted octanol–water partition coefficient (Wildman–Crippen LogP) is 10.9. The van der Waals surface area contributed by atoms with Crippen LogP contribution >= 0.6 is 7.60 Å². The third-order valence-corrected chi connectivity index (χ3v) is 15.2. The van der Waals surface area contributed by atoms with Crippen LogP contribution in [0, 0.1) is 48.5 Å². The maximum absolute atomic E-state index is 13.4. The average molecular weight is 1050 g/mol. The normalized spacial score (nSPS) is 12.2. The van der Waals surface area contributed by atoms with Gasteiger partial charge in [0.25, 0.3) is 20.2 Å². The van der Waals surface area contributed by atoms with Gasteiger partial charge in [-0.1, -0.05) is 42.5 Å². The summed E-state index contributed by atoms with van der Waals surface area (Å²) in [6, 6.07) is 29.0. The molecule has 2 aliphatic rings. The Hall–Kier alpha value is -7.68. The van der Waals surface area contributed by atoms with Crippen molar-refractivity contribution in [2.75, 3.05) is 26.6 Å². The van der Waals surface area contributed by atoms with Gasteiger partial charge in [0, 0.05) is 57.0 Å². The Bertz CT molecular complexity index is 3930. The third-order valence-electron chi connectivity index (χ3n) is 12.2. The number of rotatable bonds is 11. The van der Waals surface area contributed by atoms with Crippen molar-refractivity contribution < 1.29 is 54.3 Å². The van der Waals surface area contributed by atoms with Crippen LogP contribution in [0.4, 0.5) is 49.4 Å². The van der Waals surface area contributed by atoms with Gasteiger partial charge in [-0.3, -0.25) is 13.7 Å². The van der Waals surface area contributed by atoms with Crippen molar-refractivity contribution in [2.24, 2.45) is 4.99 Å². The van der Waals surface area contributed by atoms with Gasteiger partial charge < -0.3 is 40.8 Å². The molecular formula is C52H49N6O12PS2. The number of nitrogens with zero attached hydrogens (tertiary/aromatic N) is 1. The van der Waals surface area contributed by atoms with Crippen molar-refractivity contribution in [3.05, 3.63) is 160 Å². The van der Waals surface area contributed by atoms with Crippen molar-refractivity contribution >= 4 is 96.0 Å². The highest BCUT2D eigenvalue weighted by Crippen LogP contribution is 2.44. The minimum Gasteiger partial charge on any atom is -0.456 e. The number of hydrogen-bond donors (Lipinski definition) is 9. The first-order valence-electron chi connectivity index (χ1n) is 22.3. The van der Waals surface area contributed by atoms with E-state index in [1.165, 1.54) is 44.2 Å². The maximum Gasteiger partial charge on any atom is 0.356 e. The van der Waals surface area contributed by atoms with E-state index in [2.05, 4.69) is 26.6 Å². The summed E-state index contributed by atoms with van der Waals surface area (Å²) in [7, 11) is -14.4.